The van der Waals surface area contributed by atoms with E-state index in [1.54, 1.807) is 0 Å². The van der Waals surface area contributed by atoms with Crippen LogP contribution in [0, 0.1) is 17.8 Å². The van der Waals surface area contributed by atoms with Crippen LogP contribution in [-0.2, 0) is 14.3 Å². The van der Waals surface area contributed by atoms with Gasteiger partial charge in [-0.15, -0.1) is 0 Å². The minimum atomic E-state index is -0.904. The van der Waals surface area contributed by atoms with Gasteiger partial charge < -0.3 is 20.5 Å². The molecule has 2 aromatic rings. The highest BCUT2D eigenvalue weighted by Crippen LogP contribution is 2.44. The van der Waals surface area contributed by atoms with Crippen LogP contribution in [0.3, 0.4) is 0 Å². The molecule has 2 aromatic carbocycles. The number of fused-ring (bicyclic) bond motifs is 3. The zero-order valence-electron chi connectivity index (χ0n) is 20.3. The summed E-state index contributed by atoms with van der Waals surface area (Å²) in [4.78, 5) is 36.7. The van der Waals surface area contributed by atoms with E-state index in [0.29, 0.717) is 6.42 Å². The van der Waals surface area contributed by atoms with Gasteiger partial charge in [0.05, 0.1) is 5.92 Å². The number of benzene rings is 2. The first kappa shape index (κ1) is 24.8. The van der Waals surface area contributed by atoms with Crippen molar-refractivity contribution in [3.63, 3.8) is 0 Å². The average molecular weight is 479 g/mol. The maximum absolute atomic E-state index is 12.7. The molecule has 0 aromatic heterocycles. The second kappa shape index (κ2) is 10.9. The number of carbonyl (C=O) groups is 3. The van der Waals surface area contributed by atoms with Gasteiger partial charge in [0.1, 0.15) is 6.61 Å². The maximum Gasteiger partial charge on any atom is 0.407 e. The van der Waals surface area contributed by atoms with E-state index in [2.05, 4.69) is 34.9 Å². The molecule has 0 aliphatic heterocycles. The lowest BCUT2D eigenvalue weighted by molar-refractivity contribution is -0.143. The normalized spacial score (nSPS) is 20.0. The summed E-state index contributed by atoms with van der Waals surface area (Å²) in [6, 6.07) is 16.3. The van der Waals surface area contributed by atoms with Gasteiger partial charge >= 0.3 is 12.1 Å². The van der Waals surface area contributed by atoms with Crippen LogP contribution in [-0.4, -0.2) is 42.3 Å². The van der Waals surface area contributed by atoms with Crippen molar-refractivity contribution in [3.8, 4) is 11.1 Å². The molecule has 0 saturated heterocycles. The van der Waals surface area contributed by atoms with Crippen molar-refractivity contribution in [1.82, 2.24) is 10.6 Å². The average Bonchev–Trinajstić information content (AvgIpc) is 3.16. The fraction of sp³-hybridized carbons (Fsp3) is 0.464. The number of nitrogens with one attached hydrogen (secondary N) is 2. The smallest absolute Gasteiger partial charge is 0.407 e. The summed E-state index contributed by atoms with van der Waals surface area (Å²) >= 11 is 0. The fourth-order valence-electron chi connectivity index (χ4n) is 5.33. The van der Waals surface area contributed by atoms with Crippen LogP contribution in [0.2, 0.25) is 0 Å². The Hall–Kier alpha value is -3.35. The molecule has 1 saturated carbocycles. The maximum atomic E-state index is 12.7. The predicted octanol–water partition coefficient (Wildman–Crippen LogP) is 4.56. The van der Waals surface area contributed by atoms with Crippen LogP contribution in [0.25, 0.3) is 11.1 Å². The molecule has 35 heavy (non-hydrogen) atoms. The van der Waals surface area contributed by atoms with Crippen molar-refractivity contribution in [2.75, 3.05) is 13.2 Å². The van der Waals surface area contributed by atoms with Crippen molar-refractivity contribution in [2.24, 2.45) is 17.8 Å². The first-order chi connectivity index (χ1) is 16.8. The SMILES string of the molecule is CC(C)C(CNC(=O)[C@@H]1CCC[C@@H](NC(=O)OCC2c3ccccc3-c3ccccc32)C1)C(=O)O. The molecule has 3 atom stereocenters. The second-order valence-electron chi connectivity index (χ2n) is 9.96. The third-order valence-corrected chi connectivity index (χ3v) is 7.33. The Labute approximate surface area is 206 Å². The van der Waals surface area contributed by atoms with Gasteiger partial charge in [0.2, 0.25) is 5.91 Å². The van der Waals surface area contributed by atoms with Gasteiger partial charge in [0, 0.05) is 24.4 Å². The van der Waals surface area contributed by atoms with Crippen molar-refractivity contribution in [1.29, 1.82) is 0 Å². The van der Waals surface area contributed by atoms with Gasteiger partial charge in [-0.3, -0.25) is 9.59 Å². The van der Waals surface area contributed by atoms with Crippen LogP contribution in [0.5, 0.6) is 0 Å². The molecular formula is C28H34N2O5. The van der Waals surface area contributed by atoms with E-state index < -0.39 is 18.0 Å². The fourth-order valence-corrected chi connectivity index (χ4v) is 5.33. The van der Waals surface area contributed by atoms with Gasteiger partial charge in [0.25, 0.3) is 0 Å². The number of carboxylic acid groups (broad SMARTS) is 1. The molecule has 3 N–H and O–H groups in total. The molecule has 186 valence electrons. The summed E-state index contributed by atoms with van der Waals surface area (Å²) in [5, 5.41) is 15.1. The number of carboxylic acids is 1. The van der Waals surface area contributed by atoms with Crippen LogP contribution in [0.1, 0.15) is 56.6 Å². The lowest BCUT2D eigenvalue weighted by atomic mass is 9.85. The number of ether oxygens (including phenoxy) is 1. The van der Waals surface area contributed by atoms with Crippen LogP contribution >= 0.6 is 0 Å². The molecule has 4 rings (SSSR count). The Morgan fingerprint density at radius 3 is 2.23 bits per heavy atom. The van der Waals surface area contributed by atoms with Crippen molar-refractivity contribution >= 4 is 18.0 Å². The number of amides is 2. The molecule has 2 amide bonds. The molecule has 1 fully saturated rings. The highest BCUT2D eigenvalue weighted by molar-refractivity contribution is 5.80. The predicted molar refractivity (Wildman–Crippen MR) is 133 cm³/mol. The first-order valence-electron chi connectivity index (χ1n) is 12.5. The summed E-state index contributed by atoms with van der Waals surface area (Å²) in [6.45, 7) is 4.04. The highest BCUT2D eigenvalue weighted by atomic mass is 16.5. The molecule has 7 nitrogen and oxygen atoms in total. The van der Waals surface area contributed by atoms with Crippen molar-refractivity contribution < 1.29 is 24.2 Å². The number of hydrogen-bond acceptors (Lipinski definition) is 4. The minimum Gasteiger partial charge on any atom is -0.481 e. The lowest BCUT2D eigenvalue weighted by Gasteiger charge is -2.29. The summed E-state index contributed by atoms with van der Waals surface area (Å²) in [6.07, 6.45) is 2.39. The third kappa shape index (κ3) is 5.66. The third-order valence-electron chi connectivity index (χ3n) is 7.33. The van der Waals surface area contributed by atoms with E-state index in [4.69, 9.17) is 4.74 Å². The van der Waals surface area contributed by atoms with Gasteiger partial charge in [-0.2, -0.15) is 0 Å². The number of alkyl carbamates (subject to hydrolysis) is 1. The van der Waals surface area contributed by atoms with E-state index in [1.807, 2.05) is 38.1 Å². The molecule has 0 bridgehead atoms. The van der Waals surface area contributed by atoms with E-state index in [0.717, 1.165) is 30.4 Å². The summed E-state index contributed by atoms with van der Waals surface area (Å²) in [5.74, 6) is -1.97. The molecular weight excluding hydrogens is 444 g/mol. The molecule has 2 aliphatic carbocycles. The molecule has 2 aliphatic rings. The Morgan fingerprint density at radius 2 is 1.63 bits per heavy atom. The largest absolute Gasteiger partial charge is 0.481 e. The van der Waals surface area contributed by atoms with E-state index in [1.165, 1.54) is 11.1 Å². The van der Waals surface area contributed by atoms with Crippen LogP contribution in [0.15, 0.2) is 48.5 Å². The zero-order valence-corrected chi connectivity index (χ0v) is 20.3. The van der Waals surface area contributed by atoms with Crippen molar-refractivity contribution in [3.05, 3.63) is 59.7 Å². The van der Waals surface area contributed by atoms with E-state index in [-0.39, 0.29) is 42.9 Å². The topological polar surface area (TPSA) is 105 Å². The second-order valence-corrected chi connectivity index (χ2v) is 9.96. The Balaban J connectivity index is 1.29. The summed E-state index contributed by atoms with van der Waals surface area (Å²) < 4.78 is 5.65. The number of hydrogen-bond donors (Lipinski definition) is 3. The first-order valence-corrected chi connectivity index (χ1v) is 12.5. The molecule has 7 heteroatoms. The Bertz CT molecular complexity index is 1040. The minimum absolute atomic E-state index is 0.00108. The quantitative estimate of drug-likeness (QED) is 0.516. The molecule has 0 spiro atoms. The van der Waals surface area contributed by atoms with E-state index >= 15 is 0 Å². The van der Waals surface area contributed by atoms with Gasteiger partial charge in [-0.1, -0.05) is 68.8 Å². The van der Waals surface area contributed by atoms with Gasteiger partial charge in [-0.25, -0.2) is 4.79 Å². The lowest BCUT2D eigenvalue weighted by Crippen LogP contribution is -2.44. The number of aliphatic carboxylic acids is 1. The molecule has 0 heterocycles. The van der Waals surface area contributed by atoms with E-state index in [9.17, 15) is 19.5 Å². The standard InChI is InChI=1S/C28H34N2O5/c1-17(2)24(27(32)33)15-29-26(31)18-8-7-9-19(14-18)30-28(34)35-16-25-22-12-5-3-10-20(22)21-11-4-6-13-23(21)25/h3-6,10-13,17-19,24-25H,7-9,14-16H2,1-2H3,(H,29,31)(H,30,34)(H,32,33)/t18-,19-,24?/m1/s1. The van der Waals surface area contributed by atoms with Gasteiger partial charge in [0.15, 0.2) is 0 Å². The molecule has 0 radical (unpaired) electrons. The highest BCUT2D eigenvalue weighted by Gasteiger charge is 2.32. The van der Waals surface area contributed by atoms with Crippen LogP contribution < -0.4 is 10.6 Å². The zero-order chi connectivity index (χ0) is 24.9. The van der Waals surface area contributed by atoms with Gasteiger partial charge in [-0.05, 0) is 47.4 Å². The number of rotatable bonds is 8. The summed E-state index contributed by atoms with van der Waals surface area (Å²) in [5.41, 5.74) is 4.69. The molecule has 1 unspecified atom stereocenters. The monoisotopic (exact) mass is 478 g/mol. The van der Waals surface area contributed by atoms with Crippen LogP contribution in [0.4, 0.5) is 4.79 Å². The Morgan fingerprint density at radius 1 is 1.00 bits per heavy atom. The summed E-state index contributed by atoms with van der Waals surface area (Å²) in [7, 11) is 0. The van der Waals surface area contributed by atoms with Crippen molar-refractivity contribution in [2.45, 2.75) is 51.5 Å². The Kier molecular flexibility index (Phi) is 7.73. The number of carbonyl (C=O) groups excluding carboxylic acids is 2.